The van der Waals surface area contributed by atoms with E-state index in [1.807, 2.05) is 56.3 Å². The Hall–Kier alpha value is -3.37. The van der Waals surface area contributed by atoms with Crippen molar-refractivity contribution in [3.8, 4) is 0 Å². The molecule has 0 atom stereocenters. The van der Waals surface area contributed by atoms with E-state index in [1.54, 1.807) is 6.26 Å². The summed E-state index contributed by atoms with van der Waals surface area (Å²) in [4.78, 5) is 14.9. The van der Waals surface area contributed by atoms with E-state index in [0.717, 1.165) is 22.6 Å². The van der Waals surface area contributed by atoms with Crippen molar-refractivity contribution in [2.24, 2.45) is 0 Å². The van der Waals surface area contributed by atoms with Crippen LogP contribution in [-0.2, 0) is 17.9 Å². The fourth-order valence-corrected chi connectivity index (χ4v) is 3.67. The van der Waals surface area contributed by atoms with Gasteiger partial charge in [0.15, 0.2) is 0 Å². The molecule has 0 spiro atoms. The molecule has 0 saturated heterocycles. The Bertz CT molecular complexity index is 1150. The van der Waals surface area contributed by atoms with E-state index in [-0.39, 0.29) is 12.5 Å². The highest BCUT2D eigenvalue weighted by Gasteiger charge is 2.15. The summed E-state index contributed by atoms with van der Waals surface area (Å²) in [6.07, 6.45) is 1.67. The molecule has 4 aromatic rings. The van der Waals surface area contributed by atoms with Crippen molar-refractivity contribution in [2.75, 3.05) is 11.9 Å². The third-order valence-electron chi connectivity index (χ3n) is 5.43. The summed E-state index contributed by atoms with van der Waals surface area (Å²) in [5, 5.41) is 5.48. The second-order valence-corrected chi connectivity index (χ2v) is 7.70. The minimum Gasteiger partial charge on any atom is -0.468 e. The highest BCUT2D eigenvalue weighted by atomic mass is 16.3. The monoisotopic (exact) mass is 398 g/mol. The van der Waals surface area contributed by atoms with Crippen molar-refractivity contribution >= 4 is 22.4 Å². The van der Waals surface area contributed by atoms with E-state index in [9.17, 15) is 4.79 Å². The minimum atomic E-state index is -0.0314. The zero-order valence-electron chi connectivity index (χ0n) is 17.4. The molecule has 0 radical (unpaired) electrons. The second kappa shape index (κ2) is 8.97. The summed E-state index contributed by atoms with van der Waals surface area (Å²) in [5.41, 5.74) is 4.29. The van der Waals surface area contributed by atoms with Gasteiger partial charge < -0.3 is 9.73 Å². The molecule has 4 rings (SSSR count). The maximum Gasteiger partial charge on any atom is 0.238 e. The van der Waals surface area contributed by atoms with Crippen molar-refractivity contribution in [3.05, 3.63) is 102 Å². The van der Waals surface area contributed by atoms with Crippen LogP contribution in [0.1, 0.15) is 22.5 Å². The van der Waals surface area contributed by atoms with Crippen LogP contribution in [0.25, 0.3) is 10.8 Å². The number of carbonyl (C=O) groups excluding carboxylic acids is 1. The van der Waals surface area contributed by atoms with Crippen LogP contribution < -0.4 is 5.32 Å². The van der Waals surface area contributed by atoms with Crippen LogP contribution in [0.15, 0.2) is 83.5 Å². The molecule has 0 bridgehead atoms. The number of nitrogens with one attached hydrogen (secondary N) is 1. The maximum absolute atomic E-state index is 12.8. The molecule has 4 nitrogen and oxygen atoms in total. The van der Waals surface area contributed by atoms with Crippen molar-refractivity contribution in [1.82, 2.24) is 4.90 Å². The zero-order chi connectivity index (χ0) is 20.9. The Balaban J connectivity index is 1.51. The van der Waals surface area contributed by atoms with Gasteiger partial charge in [-0.1, -0.05) is 48.5 Å². The topological polar surface area (TPSA) is 45.5 Å². The molecule has 0 aliphatic carbocycles. The van der Waals surface area contributed by atoms with Crippen LogP contribution in [0.3, 0.4) is 0 Å². The molecule has 4 heteroatoms. The third-order valence-corrected chi connectivity index (χ3v) is 5.43. The van der Waals surface area contributed by atoms with Gasteiger partial charge in [-0.15, -0.1) is 0 Å². The minimum absolute atomic E-state index is 0.0314. The van der Waals surface area contributed by atoms with Crippen LogP contribution in [0.5, 0.6) is 0 Å². The molecule has 1 amide bonds. The predicted molar refractivity (Wildman–Crippen MR) is 121 cm³/mol. The summed E-state index contributed by atoms with van der Waals surface area (Å²) >= 11 is 0. The van der Waals surface area contributed by atoms with Gasteiger partial charge in [0.05, 0.1) is 19.4 Å². The molecular formula is C26H26N2O2. The van der Waals surface area contributed by atoms with Crippen LogP contribution in [0.4, 0.5) is 5.69 Å². The number of fused-ring (bicyclic) bond motifs is 1. The van der Waals surface area contributed by atoms with Gasteiger partial charge in [0, 0.05) is 12.2 Å². The molecule has 0 fully saturated rings. The average molecular weight is 399 g/mol. The molecule has 1 N–H and O–H groups in total. The Morgan fingerprint density at radius 3 is 2.53 bits per heavy atom. The number of hydrogen-bond acceptors (Lipinski definition) is 3. The number of nitrogens with zero attached hydrogens (tertiary/aromatic N) is 1. The zero-order valence-corrected chi connectivity index (χ0v) is 17.4. The summed E-state index contributed by atoms with van der Waals surface area (Å²) in [6.45, 7) is 5.58. The van der Waals surface area contributed by atoms with Gasteiger partial charge in [0.25, 0.3) is 0 Å². The van der Waals surface area contributed by atoms with Crippen LogP contribution in [-0.4, -0.2) is 17.4 Å². The quantitative estimate of drug-likeness (QED) is 0.435. The average Bonchev–Trinajstić information content (AvgIpc) is 3.24. The molecule has 1 heterocycles. The summed E-state index contributed by atoms with van der Waals surface area (Å²) in [5.74, 6) is 0.811. The van der Waals surface area contributed by atoms with E-state index in [0.29, 0.717) is 13.1 Å². The Morgan fingerprint density at radius 2 is 1.73 bits per heavy atom. The smallest absolute Gasteiger partial charge is 0.238 e. The predicted octanol–water partition coefficient (Wildman–Crippen LogP) is 5.69. The lowest BCUT2D eigenvalue weighted by atomic mass is 10.1. The van der Waals surface area contributed by atoms with Gasteiger partial charge in [-0.25, -0.2) is 0 Å². The first-order valence-electron chi connectivity index (χ1n) is 10.2. The second-order valence-electron chi connectivity index (χ2n) is 7.70. The lowest BCUT2D eigenvalue weighted by Crippen LogP contribution is -2.32. The normalized spacial score (nSPS) is 11.2. The Labute approximate surface area is 177 Å². The van der Waals surface area contributed by atoms with Crippen molar-refractivity contribution in [1.29, 1.82) is 0 Å². The van der Waals surface area contributed by atoms with Gasteiger partial charge in [0.2, 0.25) is 5.91 Å². The van der Waals surface area contributed by atoms with Gasteiger partial charge in [-0.3, -0.25) is 9.69 Å². The number of benzene rings is 3. The van der Waals surface area contributed by atoms with Gasteiger partial charge in [0.1, 0.15) is 5.76 Å². The van der Waals surface area contributed by atoms with Gasteiger partial charge >= 0.3 is 0 Å². The fraction of sp³-hybridized carbons (Fsp3) is 0.192. The summed E-state index contributed by atoms with van der Waals surface area (Å²) < 4.78 is 5.53. The Kier molecular flexibility index (Phi) is 5.96. The number of anilines is 1. The highest BCUT2D eigenvalue weighted by Crippen LogP contribution is 2.20. The van der Waals surface area contributed by atoms with E-state index >= 15 is 0 Å². The molecule has 0 saturated carbocycles. The van der Waals surface area contributed by atoms with Gasteiger partial charge in [-0.2, -0.15) is 0 Å². The van der Waals surface area contributed by atoms with Crippen LogP contribution in [0.2, 0.25) is 0 Å². The van der Waals surface area contributed by atoms with Crippen molar-refractivity contribution < 1.29 is 9.21 Å². The molecule has 0 aliphatic rings. The molecule has 152 valence electrons. The largest absolute Gasteiger partial charge is 0.468 e. The molecule has 0 unspecified atom stereocenters. The number of aryl methyl sites for hydroxylation is 1. The number of amides is 1. The molecule has 3 aromatic carbocycles. The number of carbonyl (C=O) groups is 1. The van der Waals surface area contributed by atoms with Crippen molar-refractivity contribution in [3.63, 3.8) is 0 Å². The first kappa shape index (κ1) is 19.9. The number of hydrogen-bond donors (Lipinski definition) is 1. The highest BCUT2D eigenvalue weighted by molar-refractivity contribution is 5.93. The summed E-state index contributed by atoms with van der Waals surface area (Å²) in [6, 6.07) is 24.5. The standard InChI is InChI=1S/C26H26N2O2/c1-19-7-5-11-25(20(19)2)27-26(29)18-28(17-24-10-6-14-30-24)16-21-12-13-22-8-3-4-9-23(22)15-21/h3-15H,16-18H2,1-2H3,(H,27,29). The molecule has 30 heavy (non-hydrogen) atoms. The molecule has 1 aromatic heterocycles. The van der Waals surface area contributed by atoms with E-state index in [1.165, 1.54) is 16.3 Å². The Morgan fingerprint density at radius 1 is 0.900 bits per heavy atom. The fourth-order valence-electron chi connectivity index (χ4n) is 3.67. The third kappa shape index (κ3) is 4.78. The first-order chi connectivity index (χ1) is 14.6. The molecule has 0 aliphatic heterocycles. The lowest BCUT2D eigenvalue weighted by molar-refractivity contribution is -0.117. The van der Waals surface area contributed by atoms with Gasteiger partial charge in [-0.05, 0) is 65.6 Å². The van der Waals surface area contributed by atoms with E-state index < -0.39 is 0 Å². The van der Waals surface area contributed by atoms with E-state index in [2.05, 4.69) is 40.5 Å². The SMILES string of the molecule is Cc1cccc(NC(=O)CN(Cc2ccc3ccccc3c2)Cc2ccco2)c1C. The van der Waals surface area contributed by atoms with Crippen LogP contribution in [0, 0.1) is 13.8 Å². The van der Waals surface area contributed by atoms with E-state index in [4.69, 9.17) is 4.42 Å². The van der Waals surface area contributed by atoms with Crippen molar-refractivity contribution in [2.45, 2.75) is 26.9 Å². The lowest BCUT2D eigenvalue weighted by Gasteiger charge is -2.21. The maximum atomic E-state index is 12.8. The van der Waals surface area contributed by atoms with Crippen LogP contribution >= 0.6 is 0 Å². The first-order valence-corrected chi connectivity index (χ1v) is 10.2. The number of rotatable bonds is 7. The number of furan rings is 1. The molecular weight excluding hydrogens is 372 g/mol. The summed E-state index contributed by atoms with van der Waals surface area (Å²) in [7, 11) is 0.